The van der Waals surface area contributed by atoms with Gasteiger partial charge in [0, 0.05) is 26.1 Å². The summed E-state index contributed by atoms with van der Waals surface area (Å²) in [5.41, 5.74) is 4.20. The van der Waals surface area contributed by atoms with Gasteiger partial charge >= 0.3 is 6.09 Å². The van der Waals surface area contributed by atoms with E-state index in [1.165, 1.54) is 10.5 Å². The van der Waals surface area contributed by atoms with E-state index in [1.54, 1.807) is 0 Å². The molecule has 0 saturated carbocycles. The normalized spacial score (nSPS) is 22.0. The van der Waals surface area contributed by atoms with E-state index in [2.05, 4.69) is 43.4 Å². The first kappa shape index (κ1) is 17.9. The largest absolute Gasteiger partial charge is 0.472 e. The number of amides is 1. The van der Waals surface area contributed by atoms with Crippen molar-refractivity contribution < 1.29 is 14.6 Å². The zero-order chi connectivity index (χ0) is 19.1. The van der Waals surface area contributed by atoms with Crippen LogP contribution < -0.4 is 10.1 Å². The van der Waals surface area contributed by atoms with Crippen molar-refractivity contribution in [3.8, 4) is 11.6 Å². The molecule has 0 radical (unpaired) electrons. The monoisotopic (exact) mass is 370 g/mol. The molecule has 0 aliphatic carbocycles. The fourth-order valence-electron chi connectivity index (χ4n) is 3.95. The van der Waals surface area contributed by atoms with Crippen LogP contribution in [0, 0.1) is 0 Å². The second-order valence-corrected chi connectivity index (χ2v) is 7.65. The Labute approximate surface area is 158 Å². The molecule has 144 valence electrons. The van der Waals surface area contributed by atoms with Crippen LogP contribution in [0.2, 0.25) is 0 Å². The van der Waals surface area contributed by atoms with Crippen LogP contribution in [0.15, 0.2) is 24.3 Å². The van der Waals surface area contributed by atoms with E-state index in [0.29, 0.717) is 37.9 Å². The number of hydrogen-bond acceptors (Lipinski definition) is 4. The predicted molar refractivity (Wildman–Crippen MR) is 102 cm³/mol. The third-order valence-corrected chi connectivity index (χ3v) is 5.42. The van der Waals surface area contributed by atoms with Crippen LogP contribution in [0.3, 0.4) is 0 Å². The molecule has 1 aromatic carbocycles. The first-order valence-corrected chi connectivity index (χ1v) is 9.54. The highest BCUT2D eigenvalue weighted by atomic mass is 16.5. The zero-order valence-electron chi connectivity index (χ0n) is 16.0. The van der Waals surface area contributed by atoms with Crippen molar-refractivity contribution in [2.24, 2.45) is 0 Å². The van der Waals surface area contributed by atoms with Gasteiger partial charge in [0.1, 0.15) is 6.10 Å². The highest BCUT2D eigenvalue weighted by Gasteiger charge is 2.38. The van der Waals surface area contributed by atoms with Gasteiger partial charge in [-0.1, -0.05) is 26.0 Å². The molecular weight excluding hydrogens is 344 g/mol. The van der Waals surface area contributed by atoms with E-state index >= 15 is 0 Å². The minimum atomic E-state index is -0.902. The van der Waals surface area contributed by atoms with Crippen LogP contribution in [0.25, 0.3) is 5.69 Å². The molecule has 7 heteroatoms. The van der Waals surface area contributed by atoms with E-state index in [0.717, 1.165) is 16.9 Å². The van der Waals surface area contributed by atoms with Crippen LogP contribution in [-0.4, -0.2) is 51.6 Å². The van der Waals surface area contributed by atoms with Gasteiger partial charge in [0.25, 0.3) is 0 Å². The Morgan fingerprint density at radius 2 is 2.04 bits per heavy atom. The molecule has 2 aromatic rings. The second-order valence-electron chi connectivity index (χ2n) is 7.65. The number of rotatable bonds is 2. The first-order valence-electron chi connectivity index (χ1n) is 9.54. The van der Waals surface area contributed by atoms with Crippen LogP contribution in [0.4, 0.5) is 4.79 Å². The summed E-state index contributed by atoms with van der Waals surface area (Å²) < 4.78 is 7.99. The first-order chi connectivity index (χ1) is 13.0. The van der Waals surface area contributed by atoms with Crippen molar-refractivity contribution in [2.75, 3.05) is 19.6 Å². The van der Waals surface area contributed by atoms with Gasteiger partial charge in [0.2, 0.25) is 5.88 Å². The molecule has 0 fully saturated rings. The second kappa shape index (κ2) is 6.88. The molecule has 1 aromatic heterocycles. The van der Waals surface area contributed by atoms with Crippen molar-refractivity contribution >= 4 is 6.09 Å². The molecular formula is C20H26N4O3. The number of benzene rings is 1. The number of ether oxygens (including phenoxy) is 1. The molecule has 0 bridgehead atoms. The van der Waals surface area contributed by atoms with Crippen LogP contribution >= 0.6 is 0 Å². The predicted octanol–water partition coefficient (Wildman–Crippen LogP) is 2.94. The molecule has 3 heterocycles. The van der Waals surface area contributed by atoms with Gasteiger partial charge in [0.05, 0.1) is 23.0 Å². The molecule has 0 saturated heterocycles. The fraction of sp³-hybridized carbons (Fsp3) is 0.500. The summed E-state index contributed by atoms with van der Waals surface area (Å²) in [6.45, 7) is 8.03. The Kier molecular flexibility index (Phi) is 4.55. The molecule has 2 unspecified atom stereocenters. The lowest BCUT2D eigenvalue weighted by Gasteiger charge is -2.35. The SMILES string of the molecule is CC1CNCC2c3c(nn(-c4ccc(C(C)C)cc4)c3CCN2C(=O)O)O1. The highest BCUT2D eigenvalue weighted by Crippen LogP contribution is 2.38. The maximum absolute atomic E-state index is 11.7. The van der Waals surface area contributed by atoms with E-state index in [1.807, 2.05) is 11.6 Å². The average Bonchev–Trinajstić information content (AvgIpc) is 2.98. The smallest absolute Gasteiger partial charge is 0.407 e. The Bertz CT molecular complexity index is 844. The summed E-state index contributed by atoms with van der Waals surface area (Å²) in [5.74, 6) is 1.03. The molecule has 2 N–H and O–H groups in total. The van der Waals surface area contributed by atoms with Gasteiger partial charge < -0.3 is 15.2 Å². The number of carboxylic acid groups (broad SMARTS) is 1. The van der Waals surface area contributed by atoms with Crippen molar-refractivity contribution in [3.63, 3.8) is 0 Å². The third kappa shape index (κ3) is 3.16. The highest BCUT2D eigenvalue weighted by molar-refractivity contribution is 5.67. The van der Waals surface area contributed by atoms with Gasteiger partial charge in [-0.2, -0.15) is 0 Å². The lowest BCUT2D eigenvalue weighted by molar-refractivity contribution is 0.110. The average molecular weight is 370 g/mol. The summed E-state index contributed by atoms with van der Waals surface area (Å²) in [4.78, 5) is 13.2. The number of carbonyl (C=O) groups is 1. The van der Waals surface area contributed by atoms with E-state index in [9.17, 15) is 9.90 Å². The van der Waals surface area contributed by atoms with E-state index in [4.69, 9.17) is 9.84 Å². The maximum Gasteiger partial charge on any atom is 0.407 e. The minimum absolute atomic E-state index is 0.0260. The molecule has 4 rings (SSSR count). The molecule has 1 amide bonds. The number of hydrogen-bond donors (Lipinski definition) is 2. The summed E-state index contributed by atoms with van der Waals surface area (Å²) in [7, 11) is 0. The topological polar surface area (TPSA) is 79.6 Å². The molecule has 7 nitrogen and oxygen atoms in total. The summed E-state index contributed by atoms with van der Waals surface area (Å²) in [6, 6.07) is 8.12. The maximum atomic E-state index is 11.7. The van der Waals surface area contributed by atoms with Crippen molar-refractivity contribution in [1.82, 2.24) is 20.0 Å². The quantitative estimate of drug-likeness (QED) is 0.850. The standard InChI is InChI=1S/C20H26N4O3/c1-12(2)14-4-6-15(7-5-14)24-16-8-9-23(20(25)26)17-11-21-10-13(3)27-19(22-24)18(16)17/h4-7,12-13,17,21H,8-11H2,1-3H3,(H,25,26). The molecule has 27 heavy (non-hydrogen) atoms. The molecule has 2 aliphatic heterocycles. The summed E-state index contributed by atoms with van der Waals surface area (Å²) >= 11 is 0. The summed E-state index contributed by atoms with van der Waals surface area (Å²) in [5, 5.41) is 17.7. The van der Waals surface area contributed by atoms with Crippen molar-refractivity contribution in [1.29, 1.82) is 0 Å². The van der Waals surface area contributed by atoms with Crippen molar-refractivity contribution in [3.05, 3.63) is 41.1 Å². The van der Waals surface area contributed by atoms with Crippen LogP contribution in [0.1, 0.15) is 49.6 Å². The lowest BCUT2D eigenvalue weighted by atomic mass is 9.97. The van der Waals surface area contributed by atoms with Crippen LogP contribution in [0.5, 0.6) is 5.88 Å². The Morgan fingerprint density at radius 1 is 1.30 bits per heavy atom. The van der Waals surface area contributed by atoms with Gasteiger partial charge in [0.15, 0.2) is 0 Å². The van der Waals surface area contributed by atoms with Crippen molar-refractivity contribution in [2.45, 2.75) is 45.3 Å². The third-order valence-electron chi connectivity index (χ3n) is 5.42. The van der Waals surface area contributed by atoms with Gasteiger partial charge in [-0.3, -0.25) is 4.90 Å². The number of nitrogens with one attached hydrogen (secondary N) is 1. The zero-order valence-corrected chi connectivity index (χ0v) is 16.0. The van der Waals surface area contributed by atoms with Gasteiger partial charge in [-0.15, -0.1) is 5.10 Å². The molecule has 0 spiro atoms. The Balaban J connectivity index is 1.81. The van der Waals surface area contributed by atoms with E-state index < -0.39 is 6.09 Å². The fourth-order valence-corrected chi connectivity index (χ4v) is 3.95. The lowest BCUT2D eigenvalue weighted by Crippen LogP contribution is -2.46. The van der Waals surface area contributed by atoms with Gasteiger partial charge in [-0.05, 0) is 30.5 Å². The van der Waals surface area contributed by atoms with Crippen LogP contribution in [-0.2, 0) is 6.42 Å². The summed E-state index contributed by atoms with van der Waals surface area (Å²) in [6.07, 6.45) is -0.308. The molecule has 2 aliphatic rings. The minimum Gasteiger partial charge on any atom is -0.472 e. The number of aromatic nitrogens is 2. The van der Waals surface area contributed by atoms with E-state index in [-0.39, 0.29) is 12.1 Å². The Hall–Kier alpha value is -2.54. The Morgan fingerprint density at radius 3 is 2.70 bits per heavy atom. The number of nitrogens with zero attached hydrogens (tertiary/aromatic N) is 3. The molecule has 2 atom stereocenters. The van der Waals surface area contributed by atoms with Gasteiger partial charge in [-0.25, -0.2) is 9.48 Å².